The van der Waals surface area contributed by atoms with E-state index in [0.29, 0.717) is 12.8 Å². The maximum atomic E-state index is 12.4. The topological polar surface area (TPSA) is 84.2 Å². The third-order valence-electron chi connectivity index (χ3n) is 4.18. The van der Waals surface area contributed by atoms with E-state index in [1.807, 2.05) is 33.0 Å². The van der Waals surface area contributed by atoms with E-state index in [4.69, 9.17) is 0 Å². The molecule has 2 N–H and O–H groups in total. The van der Waals surface area contributed by atoms with Gasteiger partial charge in [-0.25, -0.2) is 0 Å². The normalized spacial score (nSPS) is 22.8. The van der Waals surface area contributed by atoms with E-state index in [1.165, 1.54) is 0 Å². The van der Waals surface area contributed by atoms with Crippen LogP contribution in [0.15, 0.2) is 18.3 Å². The van der Waals surface area contributed by atoms with Gasteiger partial charge in [0, 0.05) is 18.3 Å². The van der Waals surface area contributed by atoms with E-state index in [0.717, 1.165) is 11.3 Å². The predicted octanol–water partition coefficient (Wildman–Crippen LogP) is 1.57. The molecule has 1 aliphatic rings. The zero-order valence-electron chi connectivity index (χ0n) is 12.5. The van der Waals surface area contributed by atoms with Crippen LogP contribution in [0.4, 0.5) is 0 Å². The summed E-state index contributed by atoms with van der Waals surface area (Å²) < 4.78 is 1.75. The number of carbonyl (C=O) groups excluding carboxylic acids is 1. The molecule has 0 bridgehead atoms. The molecule has 1 aromatic rings. The molecular weight excluding hydrogens is 270 g/mol. The molecule has 0 fully saturated rings. The first-order chi connectivity index (χ1) is 9.91. The minimum absolute atomic E-state index is 0.188. The van der Waals surface area contributed by atoms with Crippen molar-refractivity contribution in [2.24, 2.45) is 18.9 Å². The monoisotopic (exact) mass is 291 g/mol. The van der Waals surface area contributed by atoms with Crippen LogP contribution in [0.3, 0.4) is 0 Å². The molecule has 6 heteroatoms. The molecule has 1 amide bonds. The number of hydrogen-bond donors (Lipinski definition) is 2. The van der Waals surface area contributed by atoms with Gasteiger partial charge in [-0.2, -0.15) is 5.10 Å². The van der Waals surface area contributed by atoms with Crippen molar-refractivity contribution < 1.29 is 14.7 Å². The summed E-state index contributed by atoms with van der Waals surface area (Å²) in [5, 5.41) is 16.3. The molecule has 1 heterocycles. The molecule has 2 rings (SSSR count). The van der Waals surface area contributed by atoms with Crippen LogP contribution in [-0.4, -0.2) is 26.8 Å². The summed E-state index contributed by atoms with van der Waals surface area (Å²) in [6, 6.07) is -0.188. The number of amides is 1. The Balaban J connectivity index is 2.08. The van der Waals surface area contributed by atoms with Gasteiger partial charge in [-0.15, -0.1) is 0 Å². The van der Waals surface area contributed by atoms with Crippen molar-refractivity contribution in [1.29, 1.82) is 0 Å². The number of carboxylic acids is 1. The second kappa shape index (κ2) is 6.11. The van der Waals surface area contributed by atoms with Gasteiger partial charge in [0.05, 0.1) is 24.1 Å². The van der Waals surface area contributed by atoms with Gasteiger partial charge in [0.2, 0.25) is 5.91 Å². The number of aliphatic carboxylic acids is 1. The molecule has 0 saturated carbocycles. The van der Waals surface area contributed by atoms with Crippen LogP contribution in [0.5, 0.6) is 0 Å². The molecule has 0 aliphatic heterocycles. The van der Waals surface area contributed by atoms with Crippen molar-refractivity contribution in [2.45, 2.75) is 32.7 Å². The van der Waals surface area contributed by atoms with E-state index in [2.05, 4.69) is 10.4 Å². The molecule has 0 saturated heterocycles. The van der Waals surface area contributed by atoms with Crippen LogP contribution in [0.1, 0.15) is 37.1 Å². The van der Waals surface area contributed by atoms with Gasteiger partial charge in [0.25, 0.3) is 0 Å². The first kappa shape index (κ1) is 15.3. The molecule has 1 aromatic heterocycles. The zero-order chi connectivity index (χ0) is 15.6. The summed E-state index contributed by atoms with van der Waals surface area (Å²) >= 11 is 0. The van der Waals surface area contributed by atoms with E-state index in [-0.39, 0.29) is 11.9 Å². The van der Waals surface area contributed by atoms with Gasteiger partial charge in [-0.1, -0.05) is 12.2 Å². The minimum Gasteiger partial charge on any atom is -0.481 e. The average Bonchev–Trinajstić information content (AvgIpc) is 2.79. The summed E-state index contributed by atoms with van der Waals surface area (Å²) in [6.07, 6.45) is 6.33. The first-order valence-corrected chi connectivity index (χ1v) is 7.08. The Labute approximate surface area is 123 Å². The molecule has 0 spiro atoms. The van der Waals surface area contributed by atoms with Crippen molar-refractivity contribution in [3.63, 3.8) is 0 Å². The molecule has 114 valence electrons. The summed E-state index contributed by atoms with van der Waals surface area (Å²) in [6.45, 7) is 3.82. The van der Waals surface area contributed by atoms with Gasteiger partial charge in [0.1, 0.15) is 0 Å². The number of aryl methyl sites for hydroxylation is 1. The maximum absolute atomic E-state index is 12.4. The highest BCUT2D eigenvalue weighted by Gasteiger charge is 2.34. The standard InChI is InChI=1S/C15H21N3O3/c1-9(13-8-16-18(3)10(13)2)17-14(19)11-6-4-5-7-12(11)15(20)21/h4-5,8-9,11-12H,6-7H2,1-3H3,(H,17,19)(H,20,21). The van der Waals surface area contributed by atoms with Crippen molar-refractivity contribution in [2.75, 3.05) is 0 Å². The Morgan fingerprint density at radius 1 is 1.38 bits per heavy atom. The molecule has 3 unspecified atom stereocenters. The zero-order valence-corrected chi connectivity index (χ0v) is 12.5. The third kappa shape index (κ3) is 3.15. The van der Waals surface area contributed by atoms with Gasteiger partial charge in [-0.05, 0) is 26.7 Å². The number of aromatic nitrogens is 2. The summed E-state index contributed by atoms with van der Waals surface area (Å²) in [4.78, 5) is 23.6. The predicted molar refractivity (Wildman–Crippen MR) is 77.5 cm³/mol. The Bertz CT molecular complexity index is 577. The lowest BCUT2D eigenvalue weighted by atomic mass is 9.82. The van der Waals surface area contributed by atoms with Crippen LogP contribution in [0.2, 0.25) is 0 Å². The van der Waals surface area contributed by atoms with Crippen LogP contribution in [-0.2, 0) is 16.6 Å². The highest BCUT2D eigenvalue weighted by Crippen LogP contribution is 2.27. The Morgan fingerprint density at radius 3 is 2.52 bits per heavy atom. The van der Waals surface area contributed by atoms with Gasteiger partial charge in [0.15, 0.2) is 0 Å². The molecular formula is C15H21N3O3. The quantitative estimate of drug-likeness (QED) is 0.825. The minimum atomic E-state index is -0.912. The molecule has 6 nitrogen and oxygen atoms in total. The molecule has 21 heavy (non-hydrogen) atoms. The number of carbonyl (C=O) groups is 2. The number of hydrogen-bond acceptors (Lipinski definition) is 3. The number of carboxylic acid groups (broad SMARTS) is 1. The average molecular weight is 291 g/mol. The van der Waals surface area contributed by atoms with Gasteiger partial charge in [-0.3, -0.25) is 14.3 Å². The van der Waals surface area contributed by atoms with E-state index >= 15 is 0 Å². The lowest BCUT2D eigenvalue weighted by Gasteiger charge is -2.26. The van der Waals surface area contributed by atoms with Crippen molar-refractivity contribution in [3.8, 4) is 0 Å². The molecule has 0 radical (unpaired) electrons. The third-order valence-corrected chi connectivity index (χ3v) is 4.18. The van der Waals surface area contributed by atoms with Gasteiger partial charge < -0.3 is 10.4 Å². The summed E-state index contributed by atoms with van der Waals surface area (Å²) in [5.74, 6) is -2.27. The van der Waals surface area contributed by atoms with Crippen LogP contribution >= 0.6 is 0 Å². The van der Waals surface area contributed by atoms with Gasteiger partial charge >= 0.3 is 5.97 Å². The Morgan fingerprint density at radius 2 is 2.00 bits per heavy atom. The smallest absolute Gasteiger partial charge is 0.307 e. The number of nitrogens with zero attached hydrogens (tertiary/aromatic N) is 2. The lowest BCUT2D eigenvalue weighted by molar-refractivity contribution is -0.147. The largest absolute Gasteiger partial charge is 0.481 e. The van der Waals surface area contributed by atoms with Crippen LogP contribution in [0.25, 0.3) is 0 Å². The van der Waals surface area contributed by atoms with Crippen molar-refractivity contribution in [3.05, 3.63) is 29.6 Å². The molecule has 1 aliphatic carbocycles. The SMILES string of the molecule is Cc1c(C(C)NC(=O)C2CC=CCC2C(=O)O)cnn1C. The van der Waals surface area contributed by atoms with Crippen molar-refractivity contribution in [1.82, 2.24) is 15.1 Å². The Kier molecular flexibility index (Phi) is 4.45. The van der Waals surface area contributed by atoms with Crippen LogP contribution < -0.4 is 5.32 Å². The lowest BCUT2D eigenvalue weighted by Crippen LogP contribution is -2.39. The van der Waals surface area contributed by atoms with Crippen molar-refractivity contribution >= 4 is 11.9 Å². The Hall–Kier alpha value is -2.11. The fourth-order valence-electron chi connectivity index (χ4n) is 2.72. The highest BCUT2D eigenvalue weighted by atomic mass is 16.4. The van der Waals surface area contributed by atoms with E-state index < -0.39 is 17.8 Å². The molecule has 0 aromatic carbocycles. The second-order valence-electron chi connectivity index (χ2n) is 5.53. The summed E-state index contributed by atoms with van der Waals surface area (Å²) in [7, 11) is 1.85. The first-order valence-electron chi connectivity index (χ1n) is 7.08. The fourth-order valence-corrected chi connectivity index (χ4v) is 2.72. The fraction of sp³-hybridized carbons (Fsp3) is 0.533. The summed E-state index contributed by atoms with van der Waals surface area (Å²) in [5.41, 5.74) is 1.94. The second-order valence-corrected chi connectivity index (χ2v) is 5.53. The number of nitrogens with one attached hydrogen (secondary N) is 1. The maximum Gasteiger partial charge on any atom is 0.307 e. The number of rotatable bonds is 4. The highest BCUT2D eigenvalue weighted by molar-refractivity contribution is 5.85. The van der Waals surface area contributed by atoms with E-state index in [9.17, 15) is 14.7 Å². The van der Waals surface area contributed by atoms with Crippen LogP contribution in [0, 0.1) is 18.8 Å². The van der Waals surface area contributed by atoms with E-state index in [1.54, 1.807) is 10.9 Å². The molecule has 3 atom stereocenters. The number of allylic oxidation sites excluding steroid dienone is 2.